The van der Waals surface area contributed by atoms with Gasteiger partial charge < -0.3 is 10.1 Å². The summed E-state index contributed by atoms with van der Waals surface area (Å²) in [5.74, 6) is 0.299. The van der Waals surface area contributed by atoms with Gasteiger partial charge in [-0.05, 0) is 50.6 Å². The Morgan fingerprint density at radius 3 is 2.76 bits per heavy atom. The Morgan fingerprint density at radius 1 is 1.40 bits per heavy atom. The van der Waals surface area contributed by atoms with Crippen molar-refractivity contribution in [3.63, 3.8) is 0 Å². The zero-order valence-corrected chi connectivity index (χ0v) is 16.0. The molecule has 0 spiro atoms. The standard InChI is InChI=1S/C18H18ClN3O2S/c1-10-7-11(2)21-18(14(10)9-20)25-12(3)17(23)22-15-8-13(19)5-6-16(15)24-4/h5-8,12H,1-4H3,(H,22,23). The second kappa shape index (κ2) is 8.24. The molecular formula is C18H18ClN3O2S. The third-order valence-electron chi connectivity index (χ3n) is 3.50. The number of aryl methyl sites for hydroxylation is 2. The molecule has 1 N–H and O–H groups in total. The number of nitrogens with one attached hydrogen (secondary N) is 1. The fourth-order valence-electron chi connectivity index (χ4n) is 2.26. The van der Waals surface area contributed by atoms with E-state index in [1.807, 2.05) is 19.9 Å². The fraction of sp³-hybridized carbons (Fsp3) is 0.278. The van der Waals surface area contributed by atoms with E-state index in [4.69, 9.17) is 16.3 Å². The average molecular weight is 376 g/mol. The van der Waals surface area contributed by atoms with Gasteiger partial charge in [0, 0.05) is 10.7 Å². The Morgan fingerprint density at radius 2 is 2.12 bits per heavy atom. The van der Waals surface area contributed by atoms with Crippen LogP contribution in [-0.2, 0) is 4.79 Å². The molecule has 0 aliphatic rings. The molecule has 130 valence electrons. The van der Waals surface area contributed by atoms with Gasteiger partial charge in [-0.2, -0.15) is 5.26 Å². The van der Waals surface area contributed by atoms with Gasteiger partial charge >= 0.3 is 0 Å². The molecule has 1 heterocycles. The first-order valence-corrected chi connectivity index (χ1v) is 8.81. The molecule has 0 bridgehead atoms. The van der Waals surface area contributed by atoms with E-state index in [0.717, 1.165) is 11.3 Å². The number of rotatable bonds is 5. The third kappa shape index (κ3) is 4.65. The lowest BCUT2D eigenvalue weighted by molar-refractivity contribution is -0.115. The zero-order chi connectivity index (χ0) is 18.6. The second-order valence-corrected chi connectivity index (χ2v) is 7.23. The number of carbonyl (C=O) groups is 1. The van der Waals surface area contributed by atoms with Crippen molar-refractivity contribution < 1.29 is 9.53 Å². The van der Waals surface area contributed by atoms with Crippen LogP contribution in [0.4, 0.5) is 5.69 Å². The number of aromatic nitrogens is 1. The molecule has 25 heavy (non-hydrogen) atoms. The predicted molar refractivity (Wildman–Crippen MR) is 100 cm³/mol. The van der Waals surface area contributed by atoms with Gasteiger partial charge in [-0.15, -0.1) is 0 Å². The van der Waals surface area contributed by atoms with Crippen molar-refractivity contribution in [1.29, 1.82) is 5.26 Å². The molecule has 0 radical (unpaired) electrons. The highest BCUT2D eigenvalue weighted by Crippen LogP contribution is 2.31. The minimum absolute atomic E-state index is 0.226. The van der Waals surface area contributed by atoms with Gasteiger partial charge in [-0.1, -0.05) is 23.4 Å². The van der Waals surface area contributed by atoms with Crippen LogP contribution in [0.3, 0.4) is 0 Å². The molecule has 0 fully saturated rings. The lowest BCUT2D eigenvalue weighted by atomic mass is 10.1. The first-order chi connectivity index (χ1) is 11.8. The van der Waals surface area contributed by atoms with Gasteiger partial charge in [0.25, 0.3) is 0 Å². The summed E-state index contributed by atoms with van der Waals surface area (Å²) in [6.45, 7) is 5.48. The molecule has 2 aromatic rings. The molecule has 0 saturated heterocycles. The molecule has 5 nitrogen and oxygen atoms in total. The number of benzene rings is 1. The van der Waals surface area contributed by atoms with E-state index in [2.05, 4.69) is 16.4 Å². The number of amides is 1. The Kier molecular flexibility index (Phi) is 6.29. The zero-order valence-electron chi connectivity index (χ0n) is 14.4. The summed E-state index contributed by atoms with van der Waals surface area (Å²) in [5, 5.41) is 12.8. The summed E-state index contributed by atoms with van der Waals surface area (Å²) in [7, 11) is 1.52. The maximum atomic E-state index is 12.5. The highest BCUT2D eigenvalue weighted by Gasteiger charge is 2.20. The predicted octanol–water partition coefficient (Wildman–Crippen LogP) is 4.35. The Hall–Kier alpha value is -2.23. The van der Waals surface area contributed by atoms with Crippen LogP contribution in [0.5, 0.6) is 5.75 Å². The van der Waals surface area contributed by atoms with Gasteiger partial charge in [0.05, 0.1) is 23.6 Å². The number of pyridine rings is 1. The molecule has 0 saturated carbocycles. The average Bonchev–Trinajstić information content (AvgIpc) is 2.54. The number of methoxy groups -OCH3 is 1. The lowest BCUT2D eigenvalue weighted by Gasteiger charge is -2.15. The lowest BCUT2D eigenvalue weighted by Crippen LogP contribution is -2.23. The van der Waals surface area contributed by atoms with Gasteiger partial charge in [0.2, 0.25) is 5.91 Å². The third-order valence-corrected chi connectivity index (χ3v) is 4.82. The van der Waals surface area contributed by atoms with E-state index in [0.29, 0.717) is 27.0 Å². The molecule has 7 heteroatoms. The SMILES string of the molecule is COc1ccc(Cl)cc1NC(=O)C(C)Sc1nc(C)cc(C)c1C#N. The van der Waals surface area contributed by atoms with Crippen LogP contribution in [0.15, 0.2) is 29.3 Å². The summed E-state index contributed by atoms with van der Waals surface area (Å²) in [5.41, 5.74) is 2.65. The Bertz CT molecular complexity index is 849. The first kappa shape index (κ1) is 19.1. The summed E-state index contributed by atoms with van der Waals surface area (Å²) >= 11 is 7.23. The van der Waals surface area contributed by atoms with E-state index in [-0.39, 0.29) is 5.91 Å². The highest BCUT2D eigenvalue weighted by atomic mass is 35.5. The largest absolute Gasteiger partial charge is 0.495 e. The van der Waals surface area contributed by atoms with Crippen molar-refractivity contribution in [2.24, 2.45) is 0 Å². The van der Waals surface area contributed by atoms with Gasteiger partial charge in [-0.3, -0.25) is 4.79 Å². The summed E-state index contributed by atoms with van der Waals surface area (Å²) < 4.78 is 5.23. The Balaban J connectivity index is 2.20. The first-order valence-electron chi connectivity index (χ1n) is 7.55. The molecule has 1 aromatic carbocycles. The number of nitriles is 1. The number of anilines is 1. The molecule has 0 aliphatic heterocycles. The van der Waals surface area contributed by atoms with E-state index in [9.17, 15) is 10.1 Å². The molecule has 1 amide bonds. The number of thioether (sulfide) groups is 1. The fourth-order valence-corrected chi connectivity index (χ4v) is 3.45. The van der Waals surface area contributed by atoms with Crippen LogP contribution in [0.2, 0.25) is 5.02 Å². The summed E-state index contributed by atoms with van der Waals surface area (Å²) in [4.78, 5) is 16.9. The van der Waals surface area contributed by atoms with E-state index in [1.54, 1.807) is 25.1 Å². The van der Waals surface area contributed by atoms with Gasteiger partial charge in [-0.25, -0.2) is 4.98 Å². The van der Waals surface area contributed by atoms with Crippen LogP contribution in [0.25, 0.3) is 0 Å². The van der Waals surface area contributed by atoms with Crippen molar-refractivity contribution in [3.8, 4) is 11.8 Å². The quantitative estimate of drug-likeness (QED) is 0.786. The van der Waals surface area contributed by atoms with Crippen molar-refractivity contribution in [1.82, 2.24) is 4.98 Å². The van der Waals surface area contributed by atoms with Crippen molar-refractivity contribution in [2.75, 3.05) is 12.4 Å². The van der Waals surface area contributed by atoms with Crippen molar-refractivity contribution in [2.45, 2.75) is 31.0 Å². The van der Waals surface area contributed by atoms with Crippen LogP contribution in [-0.4, -0.2) is 23.3 Å². The Labute approximate surface area is 156 Å². The smallest absolute Gasteiger partial charge is 0.237 e. The topological polar surface area (TPSA) is 75.0 Å². The molecule has 1 atom stereocenters. The summed E-state index contributed by atoms with van der Waals surface area (Å²) in [6, 6.07) is 9.02. The van der Waals surface area contributed by atoms with Gasteiger partial charge in [0.15, 0.2) is 0 Å². The number of halogens is 1. The molecule has 1 aromatic heterocycles. The number of hydrogen-bond acceptors (Lipinski definition) is 5. The van der Waals surface area contributed by atoms with Crippen molar-refractivity contribution in [3.05, 3.63) is 46.1 Å². The molecule has 2 rings (SSSR count). The monoisotopic (exact) mass is 375 g/mol. The number of carbonyl (C=O) groups excluding carboxylic acids is 1. The highest BCUT2D eigenvalue weighted by molar-refractivity contribution is 8.00. The van der Waals surface area contributed by atoms with E-state index < -0.39 is 5.25 Å². The number of ether oxygens (including phenoxy) is 1. The minimum atomic E-state index is -0.454. The van der Waals surface area contributed by atoms with Crippen LogP contribution in [0.1, 0.15) is 23.7 Å². The maximum Gasteiger partial charge on any atom is 0.237 e. The van der Waals surface area contributed by atoms with Crippen LogP contribution in [0, 0.1) is 25.2 Å². The van der Waals surface area contributed by atoms with Gasteiger partial charge in [0.1, 0.15) is 16.8 Å². The molecule has 1 unspecified atom stereocenters. The molecular weight excluding hydrogens is 358 g/mol. The second-order valence-electron chi connectivity index (χ2n) is 5.47. The molecule has 0 aliphatic carbocycles. The normalized spacial score (nSPS) is 11.5. The number of nitrogens with zero attached hydrogens (tertiary/aromatic N) is 2. The van der Waals surface area contributed by atoms with E-state index >= 15 is 0 Å². The van der Waals surface area contributed by atoms with E-state index in [1.165, 1.54) is 18.9 Å². The maximum absolute atomic E-state index is 12.5. The summed E-state index contributed by atoms with van der Waals surface area (Å²) in [6.07, 6.45) is 0. The van der Waals surface area contributed by atoms with Crippen molar-refractivity contribution >= 4 is 35.0 Å². The number of hydrogen-bond donors (Lipinski definition) is 1. The van der Waals surface area contributed by atoms with Crippen LogP contribution < -0.4 is 10.1 Å². The van der Waals surface area contributed by atoms with Crippen LogP contribution >= 0.6 is 23.4 Å². The minimum Gasteiger partial charge on any atom is -0.495 e.